The van der Waals surface area contributed by atoms with Gasteiger partial charge in [0.25, 0.3) is 0 Å². The lowest BCUT2D eigenvalue weighted by atomic mass is 9.80. The quantitative estimate of drug-likeness (QED) is 0.762. The number of benzene rings is 1. The van der Waals surface area contributed by atoms with Gasteiger partial charge in [-0.3, -0.25) is 9.78 Å². The van der Waals surface area contributed by atoms with Crippen molar-refractivity contribution < 1.29 is 4.79 Å². The molecule has 0 N–H and O–H groups in total. The van der Waals surface area contributed by atoms with Crippen LogP contribution in [0.25, 0.3) is 0 Å². The molecule has 1 heterocycles. The van der Waals surface area contributed by atoms with Crippen LogP contribution >= 0.6 is 0 Å². The molecule has 3 rings (SSSR count). The molecule has 0 saturated heterocycles. The standard InChI is InChI=1S/C17H17NO/c1-12-7-8-14(11-19)16(10-12)15-6-2-4-13-5-3-9-18-17(13)15/h3,5,7-11,15H,2,4,6H2,1H3. The molecule has 0 amide bonds. The first-order chi connectivity index (χ1) is 9.29. The van der Waals surface area contributed by atoms with Gasteiger partial charge in [-0.15, -0.1) is 0 Å². The minimum absolute atomic E-state index is 0.269. The molecule has 0 saturated carbocycles. The van der Waals surface area contributed by atoms with Gasteiger partial charge in [-0.05, 0) is 43.4 Å². The number of pyridine rings is 1. The van der Waals surface area contributed by atoms with Crippen molar-refractivity contribution in [2.75, 3.05) is 0 Å². The highest BCUT2D eigenvalue weighted by molar-refractivity contribution is 5.78. The fourth-order valence-electron chi connectivity index (χ4n) is 3.02. The van der Waals surface area contributed by atoms with Gasteiger partial charge in [0.2, 0.25) is 0 Å². The Kier molecular flexibility index (Phi) is 3.16. The summed E-state index contributed by atoms with van der Waals surface area (Å²) in [5.74, 6) is 0.269. The summed E-state index contributed by atoms with van der Waals surface area (Å²) >= 11 is 0. The van der Waals surface area contributed by atoms with Crippen molar-refractivity contribution >= 4 is 6.29 Å². The average molecular weight is 251 g/mol. The number of carbonyl (C=O) groups is 1. The van der Waals surface area contributed by atoms with Crippen LogP contribution in [0, 0.1) is 6.92 Å². The smallest absolute Gasteiger partial charge is 0.150 e. The number of carbonyl (C=O) groups excluding carboxylic acids is 1. The Bertz CT molecular complexity index is 618. The Balaban J connectivity index is 2.13. The monoisotopic (exact) mass is 251 g/mol. The SMILES string of the molecule is Cc1ccc(C=O)c(C2CCCc3cccnc32)c1. The number of aryl methyl sites for hydroxylation is 2. The van der Waals surface area contributed by atoms with E-state index >= 15 is 0 Å². The number of aromatic nitrogens is 1. The Hall–Kier alpha value is -1.96. The highest BCUT2D eigenvalue weighted by atomic mass is 16.1. The zero-order valence-corrected chi connectivity index (χ0v) is 11.1. The topological polar surface area (TPSA) is 30.0 Å². The van der Waals surface area contributed by atoms with Gasteiger partial charge in [-0.1, -0.05) is 29.8 Å². The Labute approximate surface area is 113 Å². The van der Waals surface area contributed by atoms with Crippen molar-refractivity contribution in [3.8, 4) is 0 Å². The van der Waals surface area contributed by atoms with Crippen LogP contribution in [0.4, 0.5) is 0 Å². The normalized spacial score (nSPS) is 17.8. The van der Waals surface area contributed by atoms with Crippen LogP contribution in [0.1, 0.15) is 51.5 Å². The molecule has 96 valence electrons. The van der Waals surface area contributed by atoms with E-state index in [1.54, 1.807) is 0 Å². The maximum absolute atomic E-state index is 11.3. The number of hydrogen-bond acceptors (Lipinski definition) is 2. The van der Waals surface area contributed by atoms with Gasteiger partial charge in [0.1, 0.15) is 6.29 Å². The minimum Gasteiger partial charge on any atom is -0.298 e. The summed E-state index contributed by atoms with van der Waals surface area (Å²) in [4.78, 5) is 15.8. The van der Waals surface area contributed by atoms with Crippen LogP contribution < -0.4 is 0 Å². The Morgan fingerprint density at radius 2 is 2.21 bits per heavy atom. The number of aldehydes is 1. The fraction of sp³-hybridized carbons (Fsp3) is 0.294. The summed E-state index contributed by atoms with van der Waals surface area (Å²) in [6.45, 7) is 2.07. The Morgan fingerprint density at radius 1 is 1.32 bits per heavy atom. The molecule has 0 radical (unpaired) electrons. The van der Waals surface area contributed by atoms with Gasteiger partial charge < -0.3 is 0 Å². The summed E-state index contributed by atoms with van der Waals surface area (Å²) in [6, 6.07) is 10.2. The molecule has 0 spiro atoms. The predicted octanol–water partition coefficient (Wildman–Crippen LogP) is 3.67. The summed E-state index contributed by atoms with van der Waals surface area (Å²) in [7, 11) is 0. The highest BCUT2D eigenvalue weighted by Gasteiger charge is 2.24. The average Bonchev–Trinajstić information content (AvgIpc) is 2.46. The van der Waals surface area contributed by atoms with Gasteiger partial charge in [-0.2, -0.15) is 0 Å². The molecule has 2 heteroatoms. The highest BCUT2D eigenvalue weighted by Crippen LogP contribution is 2.36. The van der Waals surface area contributed by atoms with Crippen molar-refractivity contribution in [1.29, 1.82) is 0 Å². The fourth-order valence-corrected chi connectivity index (χ4v) is 3.02. The van der Waals surface area contributed by atoms with Crippen molar-refractivity contribution in [3.63, 3.8) is 0 Å². The third kappa shape index (κ3) is 2.19. The zero-order valence-electron chi connectivity index (χ0n) is 11.1. The maximum Gasteiger partial charge on any atom is 0.150 e. The number of rotatable bonds is 2. The van der Waals surface area contributed by atoms with Gasteiger partial charge in [0.05, 0.1) is 5.69 Å². The second-order valence-corrected chi connectivity index (χ2v) is 5.24. The van der Waals surface area contributed by atoms with Crippen molar-refractivity contribution in [3.05, 3.63) is 64.5 Å². The lowest BCUT2D eigenvalue weighted by molar-refractivity contribution is 0.112. The van der Waals surface area contributed by atoms with E-state index in [1.807, 2.05) is 24.4 Å². The van der Waals surface area contributed by atoms with Crippen LogP contribution in [0.15, 0.2) is 36.5 Å². The van der Waals surface area contributed by atoms with E-state index in [2.05, 4.69) is 24.0 Å². The van der Waals surface area contributed by atoms with Crippen molar-refractivity contribution in [1.82, 2.24) is 4.98 Å². The summed E-state index contributed by atoms with van der Waals surface area (Å²) in [5.41, 5.74) is 5.62. The van der Waals surface area contributed by atoms with Crippen LogP contribution in [-0.2, 0) is 6.42 Å². The summed E-state index contributed by atoms with van der Waals surface area (Å²) in [6.07, 6.45) is 6.16. The first-order valence-electron chi connectivity index (χ1n) is 6.79. The van der Waals surface area contributed by atoms with Crippen LogP contribution in [0.3, 0.4) is 0 Å². The molecule has 2 nitrogen and oxygen atoms in total. The number of fused-ring (bicyclic) bond motifs is 1. The van der Waals surface area contributed by atoms with Gasteiger partial charge in [-0.25, -0.2) is 0 Å². The Morgan fingerprint density at radius 3 is 3.05 bits per heavy atom. The molecule has 0 aliphatic heterocycles. The van der Waals surface area contributed by atoms with E-state index < -0.39 is 0 Å². The van der Waals surface area contributed by atoms with Crippen LogP contribution in [0.2, 0.25) is 0 Å². The number of nitrogens with zero attached hydrogens (tertiary/aromatic N) is 1. The van der Waals surface area contributed by atoms with E-state index in [9.17, 15) is 4.79 Å². The predicted molar refractivity (Wildman–Crippen MR) is 75.6 cm³/mol. The van der Waals surface area contributed by atoms with E-state index in [0.717, 1.165) is 42.4 Å². The molecule has 1 aromatic heterocycles. The van der Waals surface area contributed by atoms with Gasteiger partial charge in [0.15, 0.2) is 0 Å². The zero-order chi connectivity index (χ0) is 13.2. The summed E-state index contributed by atoms with van der Waals surface area (Å²) < 4.78 is 0. The molecule has 1 unspecified atom stereocenters. The maximum atomic E-state index is 11.3. The number of hydrogen-bond donors (Lipinski definition) is 0. The minimum atomic E-state index is 0.269. The van der Waals surface area contributed by atoms with Crippen molar-refractivity contribution in [2.45, 2.75) is 32.1 Å². The van der Waals surface area contributed by atoms with E-state index in [4.69, 9.17) is 0 Å². The summed E-state index contributed by atoms with van der Waals surface area (Å²) in [5, 5.41) is 0. The second kappa shape index (κ2) is 4.96. The first kappa shape index (κ1) is 12.1. The van der Waals surface area contributed by atoms with Crippen molar-refractivity contribution in [2.24, 2.45) is 0 Å². The molecule has 0 bridgehead atoms. The van der Waals surface area contributed by atoms with Gasteiger partial charge in [0, 0.05) is 17.7 Å². The molecular weight excluding hydrogens is 234 g/mol. The van der Waals surface area contributed by atoms with E-state index in [-0.39, 0.29) is 5.92 Å². The third-order valence-electron chi connectivity index (χ3n) is 3.94. The molecule has 1 aliphatic carbocycles. The van der Waals surface area contributed by atoms with E-state index in [1.165, 1.54) is 11.1 Å². The largest absolute Gasteiger partial charge is 0.298 e. The van der Waals surface area contributed by atoms with Gasteiger partial charge >= 0.3 is 0 Å². The lowest BCUT2D eigenvalue weighted by Crippen LogP contribution is -2.14. The van der Waals surface area contributed by atoms with Crippen LogP contribution in [-0.4, -0.2) is 11.3 Å². The molecule has 0 fully saturated rings. The lowest BCUT2D eigenvalue weighted by Gasteiger charge is -2.25. The molecule has 2 aromatic rings. The molecule has 1 aliphatic rings. The molecule has 1 aromatic carbocycles. The second-order valence-electron chi connectivity index (χ2n) is 5.24. The molecule has 19 heavy (non-hydrogen) atoms. The molecule has 1 atom stereocenters. The molecular formula is C17H17NO. The third-order valence-corrected chi connectivity index (χ3v) is 3.94. The first-order valence-corrected chi connectivity index (χ1v) is 6.79. The van der Waals surface area contributed by atoms with Crippen LogP contribution in [0.5, 0.6) is 0 Å². The van der Waals surface area contributed by atoms with E-state index in [0.29, 0.717) is 0 Å².